The monoisotopic (exact) mass is 282 g/mol. The van der Waals surface area contributed by atoms with Crippen LogP contribution in [0.4, 0.5) is 0 Å². The molecule has 19 heavy (non-hydrogen) atoms. The summed E-state index contributed by atoms with van der Waals surface area (Å²) in [6, 6.07) is 3.94. The first kappa shape index (κ1) is 14.7. The Balaban J connectivity index is 1.82. The van der Waals surface area contributed by atoms with E-state index >= 15 is 0 Å². The summed E-state index contributed by atoms with van der Waals surface area (Å²) >= 11 is 0. The van der Waals surface area contributed by atoms with E-state index in [4.69, 9.17) is 0 Å². The third-order valence-electron chi connectivity index (χ3n) is 3.59. The first-order chi connectivity index (χ1) is 9.05. The van der Waals surface area contributed by atoms with Gasteiger partial charge in [0.15, 0.2) is 0 Å². The van der Waals surface area contributed by atoms with Crippen molar-refractivity contribution in [2.45, 2.75) is 32.6 Å². The average Bonchev–Trinajstić information content (AvgIpc) is 2.39. The first-order valence-corrected chi connectivity index (χ1v) is 9.03. The quantitative estimate of drug-likeness (QED) is 0.844. The van der Waals surface area contributed by atoms with Gasteiger partial charge in [0.25, 0.3) is 0 Å². The van der Waals surface area contributed by atoms with E-state index < -0.39 is 7.37 Å². The van der Waals surface area contributed by atoms with Crippen molar-refractivity contribution in [2.24, 2.45) is 0 Å². The van der Waals surface area contributed by atoms with Gasteiger partial charge in [-0.25, -0.2) is 0 Å². The minimum absolute atomic E-state index is 0.353. The highest BCUT2D eigenvalue weighted by Crippen LogP contribution is 2.42. The maximum absolute atomic E-state index is 12.2. The van der Waals surface area contributed by atoms with Crippen molar-refractivity contribution in [3.8, 4) is 0 Å². The van der Waals surface area contributed by atoms with Crippen LogP contribution in [0, 0.1) is 6.92 Å². The Kier molecular flexibility index (Phi) is 5.14. The van der Waals surface area contributed by atoms with E-state index in [1.54, 1.807) is 6.20 Å². The average molecular weight is 282 g/mol. The number of nitrogens with zero attached hydrogens (tertiary/aromatic N) is 2. The molecule has 0 saturated carbocycles. The van der Waals surface area contributed by atoms with Gasteiger partial charge in [-0.05, 0) is 50.9 Å². The highest BCUT2D eigenvalue weighted by molar-refractivity contribution is 7.57. The molecule has 5 heteroatoms. The lowest BCUT2D eigenvalue weighted by Crippen LogP contribution is -2.31. The smallest absolute Gasteiger partial charge is 0.214 e. The molecule has 0 amide bonds. The van der Waals surface area contributed by atoms with Gasteiger partial charge in [0.2, 0.25) is 7.37 Å². The van der Waals surface area contributed by atoms with Gasteiger partial charge in [0, 0.05) is 18.1 Å². The summed E-state index contributed by atoms with van der Waals surface area (Å²) in [7, 11) is -3.04. The minimum Gasteiger partial charge on any atom is -0.343 e. The Hall–Kier alpha value is -0.700. The third kappa shape index (κ3) is 5.06. The van der Waals surface area contributed by atoms with Crippen molar-refractivity contribution in [3.05, 3.63) is 29.6 Å². The molecule has 4 nitrogen and oxygen atoms in total. The summed E-state index contributed by atoms with van der Waals surface area (Å²) in [5, 5.41) is 0. The largest absolute Gasteiger partial charge is 0.343 e. The lowest BCUT2D eigenvalue weighted by molar-refractivity contribution is 0.253. The van der Waals surface area contributed by atoms with Gasteiger partial charge >= 0.3 is 0 Å². The van der Waals surface area contributed by atoms with Crippen molar-refractivity contribution < 1.29 is 9.46 Å². The van der Waals surface area contributed by atoms with Crippen LogP contribution in [0.1, 0.15) is 30.5 Å². The van der Waals surface area contributed by atoms with E-state index in [1.165, 1.54) is 6.42 Å². The van der Waals surface area contributed by atoms with Crippen LogP contribution in [0.3, 0.4) is 0 Å². The molecule has 1 saturated heterocycles. The zero-order valence-electron chi connectivity index (χ0n) is 11.6. The van der Waals surface area contributed by atoms with Gasteiger partial charge < -0.3 is 4.89 Å². The summed E-state index contributed by atoms with van der Waals surface area (Å²) in [6.45, 7) is 3.88. The van der Waals surface area contributed by atoms with Gasteiger partial charge in [0.05, 0.1) is 6.29 Å². The molecule has 2 heterocycles. The Morgan fingerprint density at radius 1 is 1.32 bits per heavy atom. The summed E-state index contributed by atoms with van der Waals surface area (Å²) in [6.07, 6.45) is 6.71. The molecule has 1 aromatic heterocycles. The lowest BCUT2D eigenvalue weighted by Gasteiger charge is -2.28. The fourth-order valence-electron chi connectivity index (χ4n) is 2.43. The molecule has 0 aromatic carbocycles. The molecule has 1 atom stereocenters. The van der Waals surface area contributed by atoms with E-state index in [0.717, 1.165) is 37.2 Å². The van der Waals surface area contributed by atoms with Crippen molar-refractivity contribution >= 4 is 7.37 Å². The van der Waals surface area contributed by atoms with Crippen molar-refractivity contribution in [3.63, 3.8) is 0 Å². The number of pyridine rings is 1. The van der Waals surface area contributed by atoms with E-state index in [1.807, 2.05) is 19.1 Å². The predicted molar refractivity (Wildman–Crippen MR) is 77.7 cm³/mol. The topological polar surface area (TPSA) is 53.4 Å². The van der Waals surface area contributed by atoms with Gasteiger partial charge in [-0.15, -0.1) is 0 Å². The fraction of sp³-hybridized carbons (Fsp3) is 0.643. The predicted octanol–water partition coefficient (Wildman–Crippen LogP) is 2.65. The number of hydrogen-bond donors (Lipinski definition) is 1. The van der Waals surface area contributed by atoms with Gasteiger partial charge in [0.1, 0.15) is 0 Å². The molecule has 106 valence electrons. The summed E-state index contributed by atoms with van der Waals surface area (Å²) < 4.78 is 12.2. The fourth-order valence-corrected chi connectivity index (χ4v) is 4.09. The van der Waals surface area contributed by atoms with Crippen LogP contribution >= 0.6 is 7.37 Å². The molecule has 1 unspecified atom stereocenters. The molecule has 2 rings (SSSR count). The van der Waals surface area contributed by atoms with Crippen LogP contribution < -0.4 is 0 Å². The zero-order chi connectivity index (χ0) is 13.7. The molecular formula is C14H23N2O2P. The maximum Gasteiger partial charge on any atom is 0.214 e. The van der Waals surface area contributed by atoms with Crippen molar-refractivity contribution in [2.75, 3.05) is 25.5 Å². The number of rotatable bonds is 5. The second-order valence-corrected chi connectivity index (χ2v) is 7.87. The molecule has 0 radical (unpaired) electrons. The highest BCUT2D eigenvalue weighted by Gasteiger charge is 2.23. The van der Waals surface area contributed by atoms with Gasteiger partial charge in [-0.1, -0.05) is 12.5 Å². The van der Waals surface area contributed by atoms with Crippen LogP contribution in [-0.2, 0) is 11.0 Å². The van der Waals surface area contributed by atoms with Crippen LogP contribution in [-0.4, -0.2) is 40.3 Å². The Morgan fingerprint density at radius 3 is 2.68 bits per heavy atom. The number of likely N-dealkylation sites (tertiary alicyclic amines) is 1. The molecule has 0 bridgehead atoms. The Labute approximate surface area is 115 Å². The minimum atomic E-state index is -3.04. The standard InChI is InChI=1S/C14H23N2O2P/c1-13-5-6-14(11-15-13)7-10-19(17,18)12-16-8-3-2-4-9-16/h5-6,11H,2-4,7-10,12H2,1H3,(H,17,18). The van der Waals surface area contributed by atoms with E-state index in [9.17, 15) is 9.46 Å². The van der Waals surface area contributed by atoms with Crippen LogP contribution in [0.25, 0.3) is 0 Å². The van der Waals surface area contributed by atoms with Crippen LogP contribution in [0.15, 0.2) is 18.3 Å². The molecular weight excluding hydrogens is 259 g/mol. The van der Waals surface area contributed by atoms with E-state index in [-0.39, 0.29) is 0 Å². The lowest BCUT2D eigenvalue weighted by atomic mass is 10.1. The van der Waals surface area contributed by atoms with E-state index in [0.29, 0.717) is 18.9 Å². The van der Waals surface area contributed by atoms with E-state index in [2.05, 4.69) is 9.88 Å². The first-order valence-electron chi connectivity index (χ1n) is 7.00. The summed E-state index contributed by atoms with van der Waals surface area (Å²) in [5.74, 6) is 0. The maximum atomic E-state index is 12.2. The van der Waals surface area contributed by atoms with Crippen LogP contribution in [0.2, 0.25) is 0 Å². The summed E-state index contributed by atoms with van der Waals surface area (Å²) in [5.41, 5.74) is 2.02. The SMILES string of the molecule is Cc1ccc(CCP(=O)(O)CN2CCCCC2)cn1. The third-order valence-corrected chi connectivity index (χ3v) is 5.36. The molecule has 0 spiro atoms. The number of piperidine rings is 1. The molecule has 0 aliphatic carbocycles. The second kappa shape index (κ2) is 6.65. The summed E-state index contributed by atoms with van der Waals surface area (Å²) in [4.78, 5) is 16.4. The molecule has 1 N–H and O–H groups in total. The number of aromatic nitrogens is 1. The number of hydrogen-bond acceptors (Lipinski definition) is 3. The Morgan fingerprint density at radius 2 is 2.05 bits per heavy atom. The van der Waals surface area contributed by atoms with Crippen LogP contribution in [0.5, 0.6) is 0 Å². The molecule has 1 aliphatic rings. The van der Waals surface area contributed by atoms with Crippen molar-refractivity contribution in [1.82, 2.24) is 9.88 Å². The van der Waals surface area contributed by atoms with Crippen molar-refractivity contribution in [1.29, 1.82) is 0 Å². The highest BCUT2D eigenvalue weighted by atomic mass is 31.2. The second-order valence-electron chi connectivity index (χ2n) is 5.45. The number of aryl methyl sites for hydroxylation is 2. The normalized spacial score (nSPS) is 20.1. The molecule has 1 fully saturated rings. The van der Waals surface area contributed by atoms with Gasteiger partial charge in [-0.2, -0.15) is 0 Å². The molecule has 1 aromatic rings. The Bertz CT molecular complexity index is 441. The zero-order valence-corrected chi connectivity index (χ0v) is 12.5. The molecule has 1 aliphatic heterocycles. The van der Waals surface area contributed by atoms with Gasteiger partial charge in [-0.3, -0.25) is 14.4 Å².